The van der Waals surface area contributed by atoms with Crippen LogP contribution in [-0.2, 0) is 22.6 Å². The molecule has 0 saturated heterocycles. The summed E-state index contributed by atoms with van der Waals surface area (Å²) in [6.45, 7) is 1.18. The van der Waals surface area contributed by atoms with Crippen molar-refractivity contribution in [1.29, 1.82) is 0 Å². The predicted molar refractivity (Wildman–Crippen MR) is 132 cm³/mol. The van der Waals surface area contributed by atoms with Crippen molar-refractivity contribution in [2.24, 2.45) is 0 Å². The molecule has 34 heavy (non-hydrogen) atoms. The van der Waals surface area contributed by atoms with Gasteiger partial charge in [-0.1, -0.05) is 53.5 Å². The second-order valence-corrected chi connectivity index (χ2v) is 8.88. The second kappa shape index (κ2) is 8.97. The van der Waals surface area contributed by atoms with E-state index in [0.717, 1.165) is 16.9 Å². The quantitative estimate of drug-likeness (QED) is 0.522. The number of hydrogen-bond acceptors (Lipinski definition) is 4. The van der Waals surface area contributed by atoms with Crippen LogP contribution in [0.25, 0.3) is 0 Å². The van der Waals surface area contributed by atoms with Gasteiger partial charge in [-0.2, -0.15) is 0 Å². The van der Waals surface area contributed by atoms with Crippen LogP contribution in [0, 0.1) is 0 Å². The minimum absolute atomic E-state index is 0.0434. The number of benzene rings is 3. The molecule has 170 valence electrons. The number of nitrogens with one attached hydrogen (secondary N) is 1. The van der Waals surface area contributed by atoms with Crippen molar-refractivity contribution in [2.45, 2.75) is 13.0 Å². The number of fused-ring (bicyclic) bond motifs is 1. The molecule has 0 unspecified atom stereocenters. The number of imide groups is 1. The predicted octanol–water partition coefficient (Wildman–Crippen LogP) is 4.97. The van der Waals surface area contributed by atoms with Crippen LogP contribution in [0.4, 0.5) is 11.4 Å². The largest absolute Gasteiger partial charge is 0.350 e. The molecule has 5 rings (SSSR count). The Morgan fingerprint density at radius 3 is 2.35 bits per heavy atom. The van der Waals surface area contributed by atoms with Gasteiger partial charge < -0.3 is 10.2 Å². The smallest absolute Gasteiger partial charge is 0.283 e. The summed E-state index contributed by atoms with van der Waals surface area (Å²) >= 11 is 12.1. The Morgan fingerprint density at radius 2 is 1.59 bits per heavy atom. The molecule has 0 aromatic heterocycles. The van der Waals surface area contributed by atoms with E-state index >= 15 is 0 Å². The zero-order valence-electron chi connectivity index (χ0n) is 17.9. The minimum atomic E-state index is -0.629. The molecule has 2 heterocycles. The highest BCUT2D eigenvalue weighted by molar-refractivity contribution is 6.53. The van der Waals surface area contributed by atoms with Crippen molar-refractivity contribution < 1.29 is 14.4 Å². The standard InChI is InChI=1S/C26H19Cl2N3O3/c27-19-8-10-21(11-9-19)31-25(33)22(28)23(26(31)34)29-20-7-3-6-17(14-20)24(32)30-13-12-16-4-1-2-5-18(16)15-30/h1-11,14,29H,12-13,15H2. The summed E-state index contributed by atoms with van der Waals surface area (Å²) in [6.07, 6.45) is 0.805. The normalized spacial score (nSPS) is 15.6. The van der Waals surface area contributed by atoms with E-state index in [0.29, 0.717) is 35.1 Å². The fourth-order valence-electron chi connectivity index (χ4n) is 4.16. The Balaban J connectivity index is 1.35. The van der Waals surface area contributed by atoms with Gasteiger partial charge in [0.15, 0.2) is 0 Å². The average Bonchev–Trinajstić information content (AvgIpc) is 3.07. The fourth-order valence-corrected chi connectivity index (χ4v) is 4.50. The first kappa shape index (κ1) is 22.2. The first-order chi connectivity index (χ1) is 16.4. The summed E-state index contributed by atoms with van der Waals surface area (Å²) in [5, 5.41) is 3.20. The van der Waals surface area contributed by atoms with Crippen LogP contribution in [-0.4, -0.2) is 29.2 Å². The first-order valence-corrected chi connectivity index (χ1v) is 11.5. The topological polar surface area (TPSA) is 69.7 Å². The lowest BCUT2D eigenvalue weighted by Gasteiger charge is -2.29. The monoisotopic (exact) mass is 491 g/mol. The van der Waals surface area contributed by atoms with Crippen LogP contribution in [0.2, 0.25) is 5.02 Å². The van der Waals surface area contributed by atoms with E-state index in [9.17, 15) is 14.4 Å². The zero-order valence-corrected chi connectivity index (χ0v) is 19.4. The maximum Gasteiger partial charge on any atom is 0.283 e. The van der Waals surface area contributed by atoms with E-state index in [1.807, 2.05) is 18.2 Å². The lowest BCUT2D eigenvalue weighted by molar-refractivity contribution is -0.120. The fraction of sp³-hybridized carbons (Fsp3) is 0.115. The summed E-state index contributed by atoms with van der Waals surface area (Å²) in [5.41, 5.74) is 3.69. The molecule has 1 N–H and O–H groups in total. The summed E-state index contributed by atoms with van der Waals surface area (Å²) < 4.78 is 0. The molecule has 0 spiro atoms. The number of carbonyl (C=O) groups excluding carboxylic acids is 3. The summed E-state index contributed by atoms with van der Waals surface area (Å²) in [7, 11) is 0. The van der Waals surface area contributed by atoms with Gasteiger partial charge in [0.05, 0.1) is 5.69 Å². The van der Waals surface area contributed by atoms with Crippen molar-refractivity contribution in [3.05, 3.63) is 105 Å². The number of nitrogens with zero attached hydrogens (tertiary/aromatic N) is 2. The van der Waals surface area contributed by atoms with Gasteiger partial charge in [-0.05, 0) is 60.0 Å². The number of hydrogen-bond donors (Lipinski definition) is 1. The third kappa shape index (κ3) is 4.06. The van der Waals surface area contributed by atoms with Crippen molar-refractivity contribution in [3.63, 3.8) is 0 Å². The molecule has 0 fully saturated rings. The molecule has 8 heteroatoms. The van der Waals surface area contributed by atoms with Gasteiger partial charge in [0, 0.05) is 29.4 Å². The molecule has 0 saturated carbocycles. The van der Waals surface area contributed by atoms with Crippen molar-refractivity contribution in [3.8, 4) is 0 Å². The van der Waals surface area contributed by atoms with E-state index in [2.05, 4.69) is 11.4 Å². The molecule has 0 bridgehead atoms. The van der Waals surface area contributed by atoms with Gasteiger partial charge in [0.1, 0.15) is 10.7 Å². The van der Waals surface area contributed by atoms with Crippen LogP contribution >= 0.6 is 23.2 Å². The maximum atomic E-state index is 13.2. The van der Waals surface area contributed by atoms with Crippen LogP contribution < -0.4 is 10.2 Å². The zero-order chi connectivity index (χ0) is 23.8. The van der Waals surface area contributed by atoms with Crippen LogP contribution in [0.1, 0.15) is 21.5 Å². The number of rotatable bonds is 4. The molecular weight excluding hydrogens is 473 g/mol. The molecule has 0 atom stereocenters. The van der Waals surface area contributed by atoms with Crippen molar-refractivity contribution in [1.82, 2.24) is 4.90 Å². The van der Waals surface area contributed by atoms with E-state index in [1.54, 1.807) is 53.4 Å². The van der Waals surface area contributed by atoms with E-state index in [4.69, 9.17) is 23.2 Å². The molecule has 0 aliphatic carbocycles. The SMILES string of the molecule is O=C(c1cccc(NC2=C(Cl)C(=O)N(c3ccc(Cl)cc3)C2=O)c1)N1CCc2ccccc2C1. The highest BCUT2D eigenvalue weighted by atomic mass is 35.5. The van der Waals surface area contributed by atoms with Gasteiger partial charge in [0.2, 0.25) is 0 Å². The third-order valence-corrected chi connectivity index (χ3v) is 6.51. The van der Waals surface area contributed by atoms with Gasteiger partial charge in [-0.3, -0.25) is 14.4 Å². The highest BCUT2D eigenvalue weighted by Gasteiger charge is 2.39. The molecule has 3 aromatic rings. The molecule has 2 aliphatic heterocycles. The average molecular weight is 492 g/mol. The number of amides is 3. The summed E-state index contributed by atoms with van der Waals surface area (Å²) in [5.74, 6) is -1.31. The van der Waals surface area contributed by atoms with Crippen molar-refractivity contribution >= 4 is 52.3 Å². The number of carbonyl (C=O) groups is 3. The Bertz CT molecular complexity index is 1350. The Labute approximate surface area is 206 Å². The molecular formula is C26H19Cl2N3O3. The van der Waals surface area contributed by atoms with Gasteiger partial charge in [-0.25, -0.2) is 4.90 Å². The van der Waals surface area contributed by atoms with Crippen LogP contribution in [0.5, 0.6) is 0 Å². The van der Waals surface area contributed by atoms with Crippen LogP contribution in [0.3, 0.4) is 0 Å². The molecule has 0 radical (unpaired) electrons. The van der Waals surface area contributed by atoms with E-state index in [1.165, 1.54) is 5.56 Å². The highest BCUT2D eigenvalue weighted by Crippen LogP contribution is 2.31. The molecule has 2 aliphatic rings. The van der Waals surface area contributed by atoms with Gasteiger partial charge >= 0.3 is 0 Å². The van der Waals surface area contributed by atoms with E-state index < -0.39 is 11.8 Å². The molecule has 3 amide bonds. The lowest BCUT2D eigenvalue weighted by Crippen LogP contribution is -2.36. The first-order valence-electron chi connectivity index (χ1n) is 10.7. The summed E-state index contributed by atoms with van der Waals surface area (Å²) in [4.78, 5) is 41.6. The van der Waals surface area contributed by atoms with Crippen molar-refractivity contribution in [2.75, 3.05) is 16.8 Å². The lowest BCUT2D eigenvalue weighted by atomic mass is 9.99. The van der Waals surface area contributed by atoms with Gasteiger partial charge in [-0.15, -0.1) is 0 Å². The Hall–Kier alpha value is -3.61. The number of anilines is 2. The van der Waals surface area contributed by atoms with Gasteiger partial charge in [0.25, 0.3) is 17.7 Å². The summed E-state index contributed by atoms with van der Waals surface area (Å²) in [6, 6.07) is 21.2. The number of halogens is 2. The Morgan fingerprint density at radius 1 is 0.853 bits per heavy atom. The Kier molecular flexibility index (Phi) is 5.86. The third-order valence-electron chi connectivity index (χ3n) is 5.91. The molecule has 3 aromatic carbocycles. The minimum Gasteiger partial charge on any atom is -0.350 e. The maximum absolute atomic E-state index is 13.2. The second-order valence-electron chi connectivity index (χ2n) is 8.06. The van der Waals surface area contributed by atoms with Crippen LogP contribution in [0.15, 0.2) is 83.5 Å². The molecule has 6 nitrogen and oxygen atoms in total. The van der Waals surface area contributed by atoms with E-state index in [-0.39, 0.29) is 16.6 Å².